The van der Waals surface area contributed by atoms with Crippen LogP contribution < -0.4 is 4.74 Å². The largest absolute Gasteiger partial charge is 0.464 e. The first-order chi connectivity index (χ1) is 23.2. The van der Waals surface area contributed by atoms with Crippen molar-refractivity contribution in [2.75, 3.05) is 0 Å². The van der Waals surface area contributed by atoms with Gasteiger partial charge in [-0.05, 0) is 116 Å². The van der Waals surface area contributed by atoms with Crippen molar-refractivity contribution in [2.45, 2.75) is 85.8 Å². The predicted molar refractivity (Wildman–Crippen MR) is 203 cm³/mol. The standard InChI is InChI=1S/C44H47N3O2/c1-27(2)43(9)44(10,31-15-12-11-13-16-31)49-41(46-43)36-26-39(30(5)23-29(36)4)48-34-22-28(3)21-33(25-34)47-38-19-18-32(42(6,7)8)24-37(38)35-17-14-20-45-40(35)47/h11-27H,1-10H3/t43-,44-/m1/s1. The van der Waals surface area contributed by atoms with Gasteiger partial charge in [-0.3, -0.25) is 4.57 Å². The first kappa shape index (κ1) is 32.6. The van der Waals surface area contributed by atoms with Crippen LogP contribution in [0, 0.1) is 26.7 Å². The summed E-state index contributed by atoms with van der Waals surface area (Å²) in [5.41, 5.74) is 8.64. The molecule has 2 aromatic heterocycles. The van der Waals surface area contributed by atoms with Gasteiger partial charge in [0.2, 0.25) is 5.90 Å². The second-order valence-electron chi connectivity index (χ2n) is 15.5. The van der Waals surface area contributed by atoms with Gasteiger partial charge >= 0.3 is 0 Å². The van der Waals surface area contributed by atoms with Gasteiger partial charge < -0.3 is 9.47 Å². The van der Waals surface area contributed by atoms with E-state index in [1.807, 2.05) is 18.3 Å². The maximum atomic E-state index is 6.91. The second-order valence-corrected chi connectivity index (χ2v) is 15.5. The highest BCUT2D eigenvalue weighted by Crippen LogP contribution is 2.49. The monoisotopic (exact) mass is 649 g/mol. The van der Waals surface area contributed by atoms with Gasteiger partial charge in [0.25, 0.3) is 0 Å². The molecule has 49 heavy (non-hydrogen) atoms. The number of hydrogen-bond donors (Lipinski definition) is 0. The van der Waals surface area contributed by atoms with Gasteiger partial charge in [-0.15, -0.1) is 0 Å². The van der Waals surface area contributed by atoms with E-state index in [2.05, 4.69) is 153 Å². The number of pyridine rings is 1. The van der Waals surface area contributed by atoms with E-state index in [0.29, 0.717) is 5.90 Å². The molecule has 0 unspecified atom stereocenters. The van der Waals surface area contributed by atoms with E-state index >= 15 is 0 Å². The van der Waals surface area contributed by atoms with Crippen LogP contribution in [-0.4, -0.2) is 21.0 Å². The fraction of sp³-hybridized carbons (Fsp3) is 0.318. The molecule has 3 heterocycles. The molecule has 0 amide bonds. The third-order valence-corrected chi connectivity index (χ3v) is 10.7. The number of aromatic nitrogens is 2. The van der Waals surface area contributed by atoms with Crippen molar-refractivity contribution in [3.8, 4) is 17.2 Å². The molecule has 0 bridgehead atoms. The first-order valence-electron chi connectivity index (χ1n) is 17.4. The van der Waals surface area contributed by atoms with Gasteiger partial charge in [0.05, 0.1) is 11.2 Å². The Morgan fingerprint density at radius 2 is 1.55 bits per heavy atom. The molecule has 0 aliphatic carbocycles. The van der Waals surface area contributed by atoms with Gasteiger partial charge in [-0.2, -0.15) is 0 Å². The number of hydrogen-bond acceptors (Lipinski definition) is 4. The molecule has 250 valence electrons. The van der Waals surface area contributed by atoms with Crippen LogP contribution in [0.5, 0.6) is 11.5 Å². The van der Waals surface area contributed by atoms with Crippen LogP contribution in [0.15, 0.2) is 102 Å². The number of benzene rings is 4. The van der Waals surface area contributed by atoms with Gasteiger partial charge in [0.1, 0.15) is 22.7 Å². The molecule has 0 N–H and O–H groups in total. The normalized spacial score (nSPS) is 19.4. The lowest BCUT2D eigenvalue weighted by atomic mass is 9.72. The minimum atomic E-state index is -0.620. The van der Waals surface area contributed by atoms with Crippen LogP contribution in [0.4, 0.5) is 0 Å². The number of rotatable bonds is 6. The Labute approximate surface area is 290 Å². The molecule has 0 fully saturated rings. The van der Waals surface area contributed by atoms with Crippen LogP contribution in [0.3, 0.4) is 0 Å². The third-order valence-electron chi connectivity index (χ3n) is 10.7. The van der Waals surface area contributed by atoms with Gasteiger partial charge in [-0.25, -0.2) is 9.98 Å². The Bertz CT molecular complexity index is 2260. The van der Waals surface area contributed by atoms with E-state index in [9.17, 15) is 0 Å². The topological polar surface area (TPSA) is 48.6 Å². The summed E-state index contributed by atoms with van der Waals surface area (Å²) in [5.74, 6) is 2.44. The molecule has 0 saturated carbocycles. The highest BCUT2D eigenvalue weighted by atomic mass is 16.5. The lowest BCUT2D eigenvalue weighted by molar-refractivity contribution is 0.00855. The number of aliphatic imine (C=N–C) groups is 1. The molecule has 1 aliphatic rings. The van der Waals surface area contributed by atoms with Crippen molar-refractivity contribution in [1.82, 2.24) is 9.55 Å². The van der Waals surface area contributed by atoms with E-state index in [-0.39, 0.29) is 11.3 Å². The quantitative estimate of drug-likeness (QED) is 0.180. The molecule has 6 aromatic rings. The zero-order valence-corrected chi connectivity index (χ0v) is 30.5. The smallest absolute Gasteiger partial charge is 0.218 e. The van der Waals surface area contributed by atoms with Crippen LogP contribution in [0.25, 0.3) is 27.6 Å². The summed E-state index contributed by atoms with van der Waals surface area (Å²) in [7, 11) is 0. The van der Waals surface area contributed by atoms with Crippen LogP contribution in [0.1, 0.15) is 81.8 Å². The Morgan fingerprint density at radius 3 is 2.27 bits per heavy atom. The number of nitrogens with zero attached hydrogens (tertiary/aromatic N) is 3. The van der Waals surface area contributed by atoms with E-state index in [1.54, 1.807) is 0 Å². The van der Waals surface area contributed by atoms with E-state index in [4.69, 9.17) is 19.5 Å². The molecule has 5 heteroatoms. The molecule has 4 aromatic carbocycles. The minimum Gasteiger partial charge on any atom is -0.464 e. The van der Waals surface area contributed by atoms with E-state index in [1.165, 1.54) is 10.9 Å². The molecule has 0 spiro atoms. The Morgan fingerprint density at radius 1 is 0.796 bits per heavy atom. The summed E-state index contributed by atoms with van der Waals surface area (Å²) < 4.78 is 15.9. The summed E-state index contributed by atoms with van der Waals surface area (Å²) in [5, 5.41) is 2.34. The maximum absolute atomic E-state index is 6.91. The second kappa shape index (κ2) is 11.6. The highest BCUT2D eigenvalue weighted by Gasteiger charge is 2.55. The molecular formula is C44H47N3O2. The zero-order chi connectivity index (χ0) is 34.9. The van der Waals surface area contributed by atoms with Gasteiger partial charge in [0, 0.05) is 28.6 Å². The van der Waals surface area contributed by atoms with Crippen molar-refractivity contribution in [1.29, 1.82) is 0 Å². The van der Waals surface area contributed by atoms with Crippen molar-refractivity contribution in [3.05, 3.63) is 131 Å². The predicted octanol–water partition coefficient (Wildman–Crippen LogP) is 11.3. The SMILES string of the molecule is Cc1cc(Oc2cc(C3=N[C@](C)(C(C)C)[C@@](C)(c4ccccc4)O3)c(C)cc2C)cc(-n2c3ccc(C(C)(C)C)cc3c3cccnc32)c1. The molecule has 5 nitrogen and oxygen atoms in total. The average molecular weight is 650 g/mol. The highest BCUT2D eigenvalue weighted by molar-refractivity contribution is 6.08. The lowest BCUT2D eigenvalue weighted by Gasteiger charge is -2.40. The summed E-state index contributed by atoms with van der Waals surface area (Å²) >= 11 is 0. The Kier molecular flexibility index (Phi) is 7.74. The minimum absolute atomic E-state index is 0.0442. The number of aryl methyl sites for hydroxylation is 3. The van der Waals surface area contributed by atoms with E-state index < -0.39 is 11.1 Å². The average Bonchev–Trinajstić information content (AvgIpc) is 3.54. The van der Waals surface area contributed by atoms with Gasteiger partial charge in [0.15, 0.2) is 5.60 Å². The third kappa shape index (κ3) is 5.40. The van der Waals surface area contributed by atoms with Crippen molar-refractivity contribution >= 4 is 27.8 Å². The Hall–Kier alpha value is -4.90. The Balaban J connectivity index is 1.30. The molecular weight excluding hydrogens is 603 g/mol. The first-order valence-corrected chi connectivity index (χ1v) is 17.4. The number of fused-ring (bicyclic) bond motifs is 3. The summed E-state index contributed by atoms with van der Waals surface area (Å²) in [6.45, 7) is 21.9. The summed E-state index contributed by atoms with van der Waals surface area (Å²) in [6.07, 6.45) is 1.87. The van der Waals surface area contributed by atoms with Crippen molar-refractivity contribution in [2.24, 2.45) is 10.9 Å². The lowest BCUT2D eigenvalue weighted by Crippen LogP contribution is -2.47. The molecule has 0 saturated heterocycles. The van der Waals surface area contributed by atoms with Crippen molar-refractivity contribution in [3.63, 3.8) is 0 Å². The van der Waals surface area contributed by atoms with Gasteiger partial charge in [-0.1, -0.05) is 77.1 Å². The summed E-state index contributed by atoms with van der Waals surface area (Å²) in [4.78, 5) is 10.2. The molecule has 2 atom stereocenters. The summed E-state index contributed by atoms with van der Waals surface area (Å²) in [6, 6.07) is 32.1. The fourth-order valence-electron chi connectivity index (χ4n) is 7.33. The molecule has 0 radical (unpaired) electrons. The van der Waals surface area contributed by atoms with Crippen molar-refractivity contribution < 1.29 is 9.47 Å². The molecule has 7 rings (SSSR count). The van der Waals surface area contributed by atoms with Crippen LogP contribution in [-0.2, 0) is 15.8 Å². The number of ether oxygens (including phenoxy) is 2. The maximum Gasteiger partial charge on any atom is 0.218 e. The van der Waals surface area contributed by atoms with Crippen LogP contribution >= 0.6 is 0 Å². The fourth-order valence-corrected chi connectivity index (χ4v) is 7.33. The van der Waals surface area contributed by atoms with Crippen LogP contribution in [0.2, 0.25) is 0 Å². The van der Waals surface area contributed by atoms with E-state index in [0.717, 1.165) is 61.6 Å². The zero-order valence-electron chi connectivity index (χ0n) is 30.5. The molecule has 1 aliphatic heterocycles.